The predicted octanol–water partition coefficient (Wildman–Crippen LogP) is 2.76. The molecule has 2 aromatic rings. The molecular weight excluding hydrogens is 344 g/mol. The number of rotatable bonds is 3. The first-order valence-corrected chi connectivity index (χ1v) is 8.22. The lowest BCUT2D eigenvalue weighted by molar-refractivity contribution is 0.637. The average Bonchev–Trinajstić information content (AvgIpc) is 2.93. The van der Waals surface area contributed by atoms with Gasteiger partial charge in [-0.3, -0.25) is 4.99 Å². The molecule has 116 valence electrons. The molecule has 1 fully saturated rings. The van der Waals surface area contributed by atoms with E-state index in [4.69, 9.17) is 5.73 Å². The monoisotopic (exact) mass is 362 g/mol. The van der Waals surface area contributed by atoms with Crippen LogP contribution in [0.4, 0.5) is 5.95 Å². The van der Waals surface area contributed by atoms with Crippen LogP contribution in [0.15, 0.2) is 39.6 Å². The molecule has 0 amide bonds. The highest BCUT2D eigenvalue weighted by Gasteiger charge is 2.22. The molecule has 1 unspecified atom stereocenters. The second-order valence-corrected chi connectivity index (χ2v) is 6.11. The maximum atomic E-state index is 5.75. The lowest BCUT2D eigenvalue weighted by atomic mass is 9.89. The van der Waals surface area contributed by atoms with Crippen LogP contribution in [0.3, 0.4) is 0 Å². The molecule has 3 rings (SSSR count). The third-order valence-corrected chi connectivity index (χ3v) is 4.38. The molecule has 0 radical (unpaired) electrons. The summed E-state index contributed by atoms with van der Waals surface area (Å²) in [6.45, 7) is 2.84. The van der Waals surface area contributed by atoms with Crippen molar-refractivity contribution in [2.45, 2.75) is 32.2 Å². The number of nitrogens with zero attached hydrogens (tertiary/aromatic N) is 4. The third-order valence-electron chi connectivity index (χ3n) is 3.76. The molecule has 1 aliphatic carbocycles. The Morgan fingerprint density at radius 2 is 2.45 bits per heavy atom. The SMILES string of the molecule is CCN=C1CCC(Nc2nc3c(Br)cccn3n2)CC1=CN. The lowest BCUT2D eigenvalue weighted by Gasteiger charge is -2.25. The van der Waals surface area contributed by atoms with Gasteiger partial charge in [0.15, 0.2) is 5.65 Å². The molecule has 0 spiro atoms. The number of anilines is 1. The number of halogens is 1. The number of hydrogen-bond acceptors (Lipinski definition) is 5. The fraction of sp³-hybridized carbons (Fsp3) is 0.400. The Labute approximate surface area is 137 Å². The first kappa shape index (κ1) is 15.0. The van der Waals surface area contributed by atoms with Gasteiger partial charge in [-0.05, 0) is 66.0 Å². The first-order valence-electron chi connectivity index (χ1n) is 7.43. The van der Waals surface area contributed by atoms with E-state index in [1.165, 1.54) is 0 Å². The van der Waals surface area contributed by atoms with Crippen LogP contribution in [-0.4, -0.2) is 32.9 Å². The molecule has 0 aromatic carbocycles. The van der Waals surface area contributed by atoms with Gasteiger partial charge in [-0.25, -0.2) is 4.52 Å². The van der Waals surface area contributed by atoms with Crippen molar-refractivity contribution in [1.29, 1.82) is 0 Å². The van der Waals surface area contributed by atoms with Crippen molar-refractivity contribution in [3.8, 4) is 0 Å². The number of aliphatic imine (C=N–C) groups is 1. The van der Waals surface area contributed by atoms with Gasteiger partial charge in [0.25, 0.3) is 0 Å². The van der Waals surface area contributed by atoms with Gasteiger partial charge in [0.1, 0.15) is 0 Å². The standard InChI is InChI=1S/C15H19BrN6/c1-2-18-13-6-5-11(8-10(13)9-17)19-15-20-14-12(16)4-3-7-22(14)21-15/h3-4,7,9,11H,2,5-6,8,17H2,1H3,(H,19,21). The lowest BCUT2D eigenvalue weighted by Crippen LogP contribution is -2.29. The summed E-state index contributed by atoms with van der Waals surface area (Å²) < 4.78 is 2.69. The summed E-state index contributed by atoms with van der Waals surface area (Å²) in [6.07, 6.45) is 6.36. The van der Waals surface area contributed by atoms with E-state index in [1.807, 2.05) is 25.3 Å². The number of hydrogen-bond donors (Lipinski definition) is 2. The van der Waals surface area contributed by atoms with Crippen molar-refractivity contribution in [3.63, 3.8) is 0 Å². The summed E-state index contributed by atoms with van der Waals surface area (Å²) in [4.78, 5) is 9.05. The predicted molar refractivity (Wildman–Crippen MR) is 92.2 cm³/mol. The van der Waals surface area contributed by atoms with Crippen LogP contribution in [0.5, 0.6) is 0 Å². The molecule has 7 heteroatoms. The highest BCUT2D eigenvalue weighted by Crippen LogP contribution is 2.24. The van der Waals surface area contributed by atoms with Gasteiger partial charge < -0.3 is 11.1 Å². The maximum Gasteiger partial charge on any atom is 0.243 e. The minimum atomic E-state index is 0.279. The first-order chi connectivity index (χ1) is 10.7. The fourth-order valence-corrected chi connectivity index (χ4v) is 3.16. The van der Waals surface area contributed by atoms with E-state index in [0.717, 1.165) is 47.2 Å². The van der Waals surface area contributed by atoms with E-state index in [2.05, 4.69) is 36.3 Å². The molecular formula is C15H19BrN6. The number of pyridine rings is 1. The van der Waals surface area contributed by atoms with Gasteiger partial charge in [-0.15, -0.1) is 5.10 Å². The fourth-order valence-electron chi connectivity index (χ4n) is 2.73. The van der Waals surface area contributed by atoms with E-state index < -0.39 is 0 Å². The van der Waals surface area contributed by atoms with Crippen molar-refractivity contribution < 1.29 is 0 Å². The van der Waals surface area contributed by atoms with Gasteiger partial charge in [-0.2, -0.15) is 4.98 Å². The van der Waals surface area contributed by atoms with E-state index in [-0.39, 0.29) is 6.04 Å². The highest BCUT2D eigenvalue weighted by atomic mass is 79.9. The number of nitrogens with one attached hydrogen (secondary N) is 1. The van der Waals surface area contributed by atoms with Gasteiger partial charge in [0.2, 0.25) is 5.95 Å². The molecule has 1 atom stereocenters. The molecule has 0 bridgehead atoms. The second-order valence-electron chi connectivity index (χ2n) is 5.26. The summed E-state index contributed by atoms with van der Waals surface area (Å²) in [6, 6.07) is 4.16. The van der Waals surface area contributed by atoms with E-state index >= 15 is 0 Å². The zero-order valence-corrected chi connectivity index (χ0v) is 14.0. The van der Waals surface area contributed by atoms with E-state index in [0.29, 0.717) is 5.95 Å². The maximum absolute atomic E-state index is 5.75. The molecule has 0 saturated heterocycles. The quantitative estimate of drug-likeness (QED) is 0.879. The molecule has 2 aromatic heterocycles. The van der Waals surface area contributed by atoms with Gasteiger partial charge >= 0.3 is 0 Å². The molecule has 6 nitrogen and oxygen atoms in total. The largest absolute Gasteiger partial charge is 0.404 e. The van der Waals surface area contributed by atoms with Gasteiger partial charge in [0, 0.05) is 24.5 Å². The average molecular weight is 363 g/mol. The molecule has 3 N–H and O–H groups in total. The molecule has 22 heavy (non-hydrogen) atoms. The Kier molecular flexibility index (Phi) is 4.42. The number of nitrogens with two attached hydrogens (primary N) is 1. The van der Waals surface area contributed by atoms with Crippen molar-refractivity contribution >= 4 is 33.2 Å². The van der Waals surface area contributed by atoms with Gasteiger partial charge in [0.05, 0.1) is 4.47 Å². The van der Waals surface area contributed by atoms with E-state index in [1.54, 1.807) is 10.7 Å². The summed E-state index contributed by atoms with van der Waals surface area (Å²) in [7, 11) is 0. The zero-order valence-electron chi connectivity index (χ0n) is 12.5. The van der Waals surface area contributed by atoms with Crippen molar-refractivity contribution in [2.24, 2.45) is 10.7 Å². The second kappa shape index (κ2) is 6.48. The van der Waals surface area contributed by atoms with Crippen LogP contribution in [0.1, 0.15) is 26.2 Å². The Balaban J connectivity index is 1.76. The van der Waals surface area contributed by atoms with Crippen molar-refractivity contribution in [1.82, 2.24) is 14.6 Å². The van der Waals surface area contributed by atoms with Crippen LogP contribution in [-0.2, 0) is 0 Å². The third kappa shape index (κ3) is 2.99. The van der Waals surface area contributed by atoms with Crippen LogP contribution >= 0.6 is 15.9 Å². The summed E-state index contributed by atoms with van der Waals surface area (Å²) in [5.74, 6) is 0.643. The van der Waals surface area contributed by atoms with Crippen LogP contribution in [0.2, 0.25) is 0 Å². The Bertz CT molecular complexity index is 733. The van der Waals surface area contributed by atoms with Crippen LogP contribution < -0.4 is 11.1 Å². The Hall–Kier alpha value is -1.89. The molecule has 2 heterocycles. The summed E-state index contributed by atoms with van der Waals surface area (Å²) in [5.41, 5.74) is 8.81. The van der Waals surface area contributed by atoms with Crippen molar-refractivity contribution in [3.05, 3.63) is 34.6 Å². The summed E-state index contributed by atoms with van der Waals surface area (Å²) in [5, 5.41) is 7.87. The van der Waals surface area contributed by atoms with Crippen LogP contribution in [0, 0.1) is 0 Å². The number of aromatic nitrogens is 3. The summed E-state index contributed by atoms with van der Waals surface area (Å²) >= 11 is 3.49. The highest BCUT2D eigenvalue weighted by molar-refractivity contribution is 9.10. The molecule has 1 aliphatic rings. The topological polar surface area (TPSA) is 80.6 Å². The smallest absolute Gasteiger partial charge is 0.243 e. The Morgan fingerprint density at radius 1 is 1.59 bits per heavy atom. The minimum absolute atomic E-state index is 0.279. The minimum Gasteiger partial charge on any atom is -0.404 e. The normalized spacial score (nSPS) is 22.5. The van der Waals surface area contributed by atoms with Crippen LogP contribution in [0.25, 0.3) is 5.65 Å². The molecule has 1 saturated carbocycles. The van der Waals surface area contributed by atoms with E-state index in [9.17, 15) is 0 Å². The molecule has 0 aliphatic heterocycles. The van der Waals surface area contributed by atoms with Crippen molar-refractivity contribution in [2.75, 3.05) is 11.9 Å². The number of fused-ring (bicyclic) bond motifs is 1. The van der Waals surface area contributed by atoms with Gasteiger partial charge in [-0.1, -0.05) is 0 Å². The Morgan fingerprint density at radius 3 is 3.18 bits per heavy atom. The zero-order chi connectivity index (χ0) is 15.5.